The van der Waals surface area contributed by atoms with Crippen molar-refractivity contribution in [2.45, 2.75) is 24.9 Å². The van der Waals surface area contributed by atoms with Crippen LogP contribution in [0.4, 0.5) is 17.6 Å². The lowest BCUT2D eigenvalue weighted by Crippen LogP contribution is -2.73. The summed E-state index contributed by atoms with van der Waals surface area (Å²) < 4.78 is 58.1. The summed E-state index contributed by atoms with van der Waals surface area (Å²) in [7, 11) is 0. The Hall–Kier alpha value is -1.94. The Morgan fingerprint density at radius 2 is 1.96 bits per heavy atom. The van der Waals surface area contributed by atoms with E-state index in [1.165, 1.54) is 19.1 Å². The molecule has 1 aromatic carbocycles. The fourth-order valence-electron chi connectivity index (χ4n) is 2.48. The van der Waals surface area contributed by atoms with Crippen LogP contribution in [0.5, 0.6) is 0 Å². The van der Waals surface area contributed by atoms with Gasteiger partial charge in [-0.25, -0.2) is 4.39 Å². The quantitative estimate of drug-likeness (QED) is 0.430. The van der Waals surface area contributed by atoms with Crippen LogP contribution in [-0.4, -0.2) is 34.7 Å². The average molecular weight is 366 g/mol. The minimum Gasteiger partial charge on any atom is -0.466 e. The van der Waals surface area contributed by atoms with Crippen LogP contribution in [0.1, 0.15) is 18.5 Å². The molecule has 1 aliphatic heterocycles. The first-order chi connectivity index (χ1) is 11.1. The minimum absolute atomic E-state index is 0.140. The molecule has 10 heteroatoms. The zero-order chi connectivity index (χ0) is 18.1. The number of aliphatic hydroxyl groups is 1. The lowest BCUT2D eigenvalue weighted by molar-refractivity contribution is -0.292. The largest absolute Gasteiger partial charge is 0.466 e. The van der Waals surface area contributed by atoms with Gasteiger partial charge in [-0.3, -0.25) is 4.79 Å². The zero-order valence-electron chi connectivity index (χ0n) is 12.4. The lowest BCUT2D eigenvalue weighted by Gasteiger charge is -2.45. The fraction of sp³-hybridized carbons (Fsp3) is 0.429. The van der Waals surface area contributed by atoms with Gasteiger partial charge in [-0.2, -0.15) is 13.2 Å². The molecule has 5 nitrogen and oxygen atoms in total. The molecule has 0 aromatic heterocycles. The molecule has 1 heterocycles. The van der Waals surface area contributed by atoms with Crippen LogP contribution < -0.4 is 10.6 Å². The van der Waals surface area contributed by atoms with E-state index in [0.29, 0.717) is 0 Å². The summed E-state index contributed by atoms with van der Waals surface area (Å²) in [6.07, 6.45) is -5.21. The maximum Gasteiger partial charge on any atom is 0.437 e. The summed E-state index contributed by atoms with van der Waals surface area (Å²) in [5, 5.41) is 13.9. The highest BCUT2D eigenvalue weighted by Gasteiger charge is 2.66. The third-order valence-corrected chi connectivity index (χ3v) is 3.80. The van der Waals surface area contributed by atoms with Crippen LogP contribution >= 0.6 is 12.2 Å². The summed E-state index contributed by atoms with van der Waals surface area (Å²) in [5.41, 5.74) is -3.48. The van der Waals surface area contributed by atoms with Crippen LogP contribution in [0.3, 0.4) is 0 Å². The van der Waals surface area contributed by atoms with Crippen LogP contribution in [0.25, 0.3) is 0 Å². The van der Waals surface area contributed by atoms with E-state index in [-0.39, 0.29) is 12.2 Å². The Bertz CT molecular complexity index is 638. The van der Waals surface area contributed by atoms with E-state index >= 15 is 0 Å². The molecule has 1 aliphatic rings. The highest BCUT2D eigenvalue weighted by Crippen LogP contribution is 2.43. The van der Waals surface area contributed by atoms with Gasteiger partial charge in [0.2, 0.25) is 0 Å². The number of ether oxygens (including phenoxy) is 1. The number of hydrogen-bond acceptors (Lipinski definition) is 4. The van der Waals surface area contributed by atoms with E-state index in [4.69, 9.17) is 12.2 Å². The van der Waals surface area contributed by atoms with Gasteiger partial charge >= 0.3 is 12.1 Å². The maximum atomic E-state index is 13.4. The summed E-state index contributed by atoms with van der Waals surface area (Å²) in [5.74, 6) is -3.96. The number of thiocarbonyl (C=S) groups is 1. The van der Waals surface area contributed by atoms with Crippen molar-refractivity contribution in [2.24, 2.45) is 5.92 Å². The van der Waals surface area contributed by atoms with Gasteiger partial charge in [-0.1, -0.05) is 12.1 Å². The smallest absolute Gasteiger partial charge is 0.437 e. The SMILES string of the molecule is CCOC(=O)[C@@H]1[C@@H](c2ccc(F)cc2)NC(=S)N[C@@]1(O)C(F)(F)F. The highest BCUT2D eigenvalue weighted by atomic mass is 32.1. The summed E-state index contributed by atoms with van der Waals surface area (Å²) in [4.78, 5) is 12.1. The molecule has 132 valence electrons. The van der Waals surface area contributed by atoms with Crippen LogP contribution in [0, 0.1) is 11.7 Å². The number of hydrogen-bond donors (Lipinski definition) is 3. The van der Waals surface area contributed by atoms with Gasteiger partial charge in [0.1, 0.15) is 11.7 Å². The molecule has 3 N–H and O–H groups in total. The molecule has 0 spiro atoms. The number of alkyl halides is 3. The van der Waals surface area contributed by atoms with E-state index < -0.39 is 40.8 Å². The van der Waals surface area contributed by atoms with Gasteiger partial charge in [-0.15, -0.1) is 0 Å². The Morgan fingerprint density at radius 1 is 1.38 bits per heavy atom. The molecule has 0 amide bonds. The maximum absolute atomic E-state index is 13.4. The Kier molecular flexibility index (Phi) is 5.00. The molecule has 1 saturated heterocycles. The molecular formula is C14H14F4N2O3S. The Morgan fingerprint density at radius 3 is 2.46 bits per heavy atom. The number of rotatable bonds is 3. The van der Waals surface area contributed by atoms with Crippen molar-refractivity contribution < 1.29 is 32.2 Å². The molecule has 0 bridgehead atoms. The Balaban J connectivity index is 2.55. The van der Waals surface area contributed by atoms with Crippen molar-refractivity contribution in [3.8, 4) is 0 Å². The van der Waals surface area contributed by atoms with Gasteiger partial charge < -0.3 is 20.5 Å². The highest BCUT2D eigenvalue weighted by molar-refractivity contribution is 7.80. The van der Waals surface area contributed by atoms with Crippen molar-refractivity contribution in [1.82, 2.24) is 10.6 Å². The van der Waals surface area contributed by atoms with Crippen molar-refractivity contribution in [3.63, 3.8) is 0 Å². The van der Waals surface area contributed by atoms with E-state index in [9.17, 15) is 27.5 Å². The van der Waals surface area contributed by atoms with E-state index in [1.807, 2.05) is 0 Å². The first-order valence-electron chi connectivity index (χ1n) is 6.90. The number of halogens is 4. The van der Waals surface area contributed by atoms with Crippen LogP contribution in [-0.2, 0) is 9.53 Å². The van der Waals surface area contributed by atoms with Gasteiger partial charge in [0, 0.05) is 0 Å². The van der Waals surface area contributed by atoms with Crippen molar-refractivity contribution in [1.29, 1.82) is 0 Å². The molecular weight excluding hydrogens is 352 g/mol. The second kappa shape index (κ2) is 6.52. The third kappa shape index (κ3) is 3.29. The van der Waals surface area contributed by atoms with Gasteiger partial charge in [0.25, 0.3) is 5.72 Å². The number of carbonyl (C=O) groups excluding carboxylic acids is 1. The first-order valence-corrected chi connectivity index (χ1v) is 7.31. The third-order valence-electron chi connectivity index (χ3n) is 3.58. The summed E-state index contributed by atoms with van der Waals surface area (Å²) >= 11 is 4.72. The van der Waals surface area contributed by atoms with E-state index in [2.05, 4.69) is 10.1 Å². The minimum atomic E-state index is -5.21. The van der Waals surface area contributed by atoms with Crippen molar-refractivity contribution >= 4 is 23.3 Å². The fourth-order valence-corrected chi connectivity index (χ4v) is 2.77. The molecule has 0 aliphatic carbocycles. The zero-order valence-corrected chi connectivity index (χ0v) is 13.2. The second-order valence-electron chi connectivity index (χ2n) is 5.12. The van der Waals surface area contributed by atoms with Gasteiger partial charge in [0.05, 0.1) is 12.6 Å². The van der Waals surface area contributed by atoms with E-state index in [1.54, 1.807) is 5.32 Å². The predicted octanol–water partition coefficient (Wildman–Crippen LogP) is 1.77. The molecule has 0 radical (unpaired) electrons. The van der Waals surface area contributed by atoms with Gasteiger partial charge in [-0.05, 0) is 36.8 Å². The van der Waals surface area contributed by atoms with Gasteiger partial charge in [0.15, 0.2) is 5.11 Å². The summed E-state index contributed by atoms with van der Waals surface area (Å²) in [6.45, 7) is 1.25. The molecule has 0 saturated carbocycles. The average Bonchev–Trinajstić information content (AvgIpc) is 2.46. The number of carbonyl (C=O) groups is 1. The molecule has 2 rings (SSSR count). The predicted molar refractivity (Wildman–Crippen MR) is 79.1 cm³/mol. The monoisotopic (exact) mass is 366 g/mol. The molecule has 0 unspecified atom stereocenters. The normalized spacial score (nSPS) is 27.2. The number of benzene rings is 1. The van der Waals surface area contributed by atoms with Crippen LogP contribution in [0.2, 0.25) is 0 Å². The number of nitrogens with one attached hydrogen (secondary N) is 2. The number of esters is 1. The lowest BCUT2D eigenvalue weighted by atomic mass is 9.82. The van der Waals surface area contributed by atoms with E-state index in [0.717, 1.165) is 12.1 Å². The standard InChI is InChI=1S/C14H14F4N2O3S/c1-2-23-11(21)9-10(7-3-5-8(15)6-4-7)19-12(24)20-13(9,22)14(16,17)18/h3-6,9-10,22H,2H2,1H3,(H2,19,20,24)/t9-,10+,13-/m0/s1. The molecule has 3 atom stereocenters. The van der Waals surface area contributed by atoms with Crippen molar-refractivity contribution in [2.75, 3.05) is 6.61 Å². The molecule has 1 fully saturated rings. The molecule has 24 heavy (non-hydrogen) atoms. The molecule has 1 aromatic rings. The topological polar surface area (TPSA) is 70.6 Å². The van der Waals surface area contributed by atoms with Crippen LogP contribution in [0.15, 0.2) is 24.3 Å². The summed E-state index contributed by atoms with van der Waals surface area (Å²) in [6, 6.07) is 3.09. The van der Waals surface area contributed by atoms with Crippen molar-refractivity contribution in [3.05, 3.63) is 35.6 Å². The second-order valence-corrected chi connectivity index (χ2v) is 5.53. The first kappa shape index (κ1) is 18.4. The Labute approximate surface area is 140 Å².